The number of hydrogen-bond donors (Lipinski definition) is 3. The van der Waals surface area contributed by atoms with Gasteiger partial charge in [0.05, 0.1) is 17.3 Å². The summed E-state index contributed by atoms with van der Waals surface area (Å²) in [5.41, 5.74) is 5.19. The highest BCUT2D eigenvalue weighted by molar-refractivity contribution is 7.89. The molecule has 0 amide bonds. The van der Waals surface area contributed by atoms with E-state index in [9.17, 15) is 8.42 Å². The zero-order valence-electron chi connectivity index (χ0n) is 10.8. The molecule has 6 nitrogen and oxygen atoms in total. The van der Waals surface area contributed by atoms with Crippen molar-refractivity contribution in [3.63, 3.8) is 0 Å². The Labute approximate surface area is 112 Å². The number of nitrogen functional groups attached to an aromatic ring is 1. The number of nitrogens with two attached hydrogens (primary N) is 1. The molecule has 0 radical (unpaired) electrons. The molecular weight excluding hydrogens is 266 g/mol. The molecule has 0 spiro atoms. The first-order chi connectivity index (χ1) is 8.72. The minimum atomic E-state index is -3.79. The van der Waals surface area contributed by atoms with Gasteiger partial charge in [-0.05, 0) is 38.5 Å². The lowest BCUT2D eigenvalue weighted by Gasteiger charge is -2.25. The second-order valence-corrected chi connectivity index (χ2v) is 6.48. The minimum absolute atomic E-state index is 0.0198. The molecule has 0 atom stereocenters. The smallest absolute Gasteiger partial charge is 0.243 e. The predicted molar refractivity (Wildman–Crippen MR) is 71.7 cm³/mol. The van der Waals surface area contributed by atoms with Crippen LogP contribution in [0.2, 0.25) is 0 Å². The van der Waals surface area contributed by atoms with Crippen molar-refractivity contribution in [2.45, 2.75) is 30.7 Å². The molecule has 104 valence electrons. The largest absolute Gasteiger partial charge is 0.398 e. The van der Waals surface area contributed by atoms with Crippen molar-refractivity contribution < 1.29 is 13.5 Å². The van der Waals surface area contributed by atoms with Crippen LogP contribution in [0.15, 0.2) is 23.1 Å². The molecule has 1 rings (SSSR count). The summed E-state index contributed by atoms with van der Waals surface area (Å²) in [4.78, 5) is -0.0717. The molecule has 1 aromatic carbocycles. The van der Waals surface area contributed by atoms with Crippen molar-refractivity contribution in [2.24, 2.45) is 0 Å². The van der Waals surface area contributed by atoms with Crippen LogP contribution >= 0.6 is 0 Å². The van der Waals surface area contributed by atoms with Crippen molar-refractivity contribution in [3.05, 3.63) is 23.8 Å². The summed E-state index contributed by atoms with van der Waals surface area (Å²) >= 11 is 0. The zero-order chi connectivity index (χ0) is 14.7. The summed E-state index contributed by atoms with van der Waals surface area (Å²) in [5, 5.41) is 17.6. The van der Waals surface area contributed by atoms with E-state index in [0.717, 1.165) is 0 Å². The molecule has 4 N–H and O–H groups in total. The number of benzene rings is 1. The molecular formula is C12H17N3O3S. The Hall–Kier alpha value is -1.62. The van der Waals surface area contributed by atoms with Crippen molar-refractivity contribution in [1.29, 1.82) is 5.26 Å². The van der Waals surface area contributed by atoms with Gasteiger partial charge in [0, 0.05) is 12.1 Å². The molecule has 7 heteroatoms. The highest BCUT2D eigenvalue weighted by atomic mass is 32.2. The molecule has 0 heterocycles. The third-order valence-electron chi connectivity index (χ3n) is 2.58. The van der Waals surface area contributed by atoms with Crippen LogP contribution in [-0.2, 0) is 10.0 Å². The van der Waals surface area contributed by atoms with E-state index in [1.165, 1.54) is 18.2 Å². The fourth-order valence-electron chi connectivity index (χ4n) is 1.61. The molecule has 19 heavy (non-hydrogen) atoms. The van der Waals surface area contributed by atoms with E-state index in [2.05, 4.69) is 4.72 Å². The standard InChI is InChI=1S/C12H17N3O3S/c1-12(2,5-6-16)15-19(17,18)11-4-3-9(8-13)7-10(11)14/h3-4,7,15-16H,5-6,14H2,1-2H3. The van der Waals surface area contributed by atoms with Gasteiger partial charge in [-0.25, -0.2) is 13.1 Å². The second-order valence-electron chi connectivity index (χ2n) is 4.83. The monoisotopic (exact) mass is 283 g/mol. The van der Waals surface area contributed by atoms with Crippen LogP contribution in [0.3, 0.4) is 0 Å². The summed E-state index contributed by atoms with van der Waals surface area (Å²) in [6.45, 7) is 3.21. The van der Waals surface area contributed by atoms with Gasteiger partial charge in [0.2, 0.25) is 10.0 Å². The number of nitriles is 1. The normalized spacial score (nSPS) is 12.1. The zero-order valence-corrected chi connectivity index (χ0v) is 11.7. The van der Waals surface area contributed by atoms with Crippen molar-refractivity contribution >= 4 is 15.7 Å². The Bertz CT molecular complexity index is 603. The van der Waals surface area contributed by atoms with E-state index in [0.29, 0.717) is 5.56 Å². The van der Waals surface area contributed by atoms with E-state index >= 15 is 0 Å². The van der Waals surface area contributed by atoms with Gasteiger partial charge in [-0.3, -0.25) is 0 Å². The van der Waals surface area contributed by atoms with Crippen LogP contribution < -0.4 is 10.5 Å². The summed E-state index contributed by atoms with van der Waals surface area (Å²) < 4.78 is 26.9. The number of anilines is 1. The maximum Gasteiger partial charge on any atom is 0.243 e. The minimum Gasteiger partial charge on any atom is -0.398 e. The van der Waals surface area contributed by atoms with Gasteiger partial charge < -0.3 is 10.8 Å². The Morgan fingerprint density at radius 2 is 2.11 bits per heavy atom. The van der Waals surface area contributed by atoms with Crippen LogP contribution in [0, 0.1) is 11.3 Å². The van der Waals surface area contributed by atoms with Gasteiger partial charge >= 0.3 is 0 Å². The van der Waals surface area contributed by atoms with Gasteiger partial charge in [0.1, 0.15) is 4.90 Å². The molecule has 0 aromatic heterocycles. The van der Waals surface area contributed by atoms with E-state index < -0.39 is 15.6 Å². The molecule has 0 saturated heterocycles. The summed E-state index contributed by atoms with van der Waals surface area (Å²) in [6, 6.07) is 5.89. The van der Waals surface area contributed by atoms with E-state index in [4.69, 9.17) is 16.1 Å². The quantitative estimate of drug-likeness (QED) is 0.683. The molecule has 0 aliphatic heterocycles. The molecule has 0 saturated carbocycles. The number of aliphatic hydroxyl groups is 1. The molecule has 0 aliphatic carbocycles. The average Bonchev–Trinajstić information content (AvgIpc) is 2.26. The Kier molecular flexibility index (Phi) is 4.52. The van der Waals surface area contributed by atoms with E-state index in [1.54, 1.807) is 13.8 Å². The third kappa shape index (κ3) is 3.92. The molecule has 0 unspecified atom stereocenters. The molecule has 1 aromatic rings. The Morgan fingerprint density at radius 3 is 2.58 bits per heavy atom. The van der Waals surface area contributed by atoms with Crippen LogP contribution in [0.25, 0.3) is 0 Å². The van der Waals surface area contributed by atoms with E-state index in [1.807, 2.05) is 6.07 Å². The fraction of sp³-hybridized carbons (Fsp3) is 0.417. The topological polar surface area (TPSA) is 116 Å². The maximum atomic E-state index is 12.2. The van der Waals surface area contributed by atoms with Gasteiger partial charge in [-0.2, -0.15) is 5.26 Å². The number of hydrogen-bond acceptors (Lipinski definition) is 5. The number of nitrogens with zero attached hydrogens (tertiary/aromatic N) is 1. The SMILES string of the molecule is CC(C)(CCO)NS(=O)(=O)c1ccc(C#N)cc1N. The number of nitrogens with one attached hydrogen (secondary N) is 1. The van der Waals surface area contributed by atoms with Crippen molar-refractivity contribution in [2.75, 3.05) is 12.3 Å². The predicted octanol–water partition coefficient (Wildman–Crippen LogP) is 0.580. The van der Waals surface area contributed by atoms with Crippen molar-refractivity contribution in [3.8, 4) is 6.07 Å². The van der Waals surface area contributed by atoms with Gasteiger partial charge in [0.15, 0.2) is 0 Å². The van der Waals surface area contributed by atoms with Gasteiger partial charge in [0.25, 0.3) is 0 Å². The lowest BCUT2D eigenvalue weighted by atomic mass is 10.0. The first-order valence-corrected chi connectivity index (χ1v) is 7.14. The first-order valence-electron chi connectivity index (χ1n) is 5.66. The van der Waals surface area contributed by atoms with Crippen molar-refractivity contribution in [1.82, 2.24) is 4.72 Å². The summed E-state index contributed by atoms with van der Waals surface area (Å²) in [5.74, 6) is 0. The lowest BCUT2D eigenvalue weighted by Crippen LogP contribution is -2.44. The summed E-state index contributed by atoms with van der Waals surface area (Å²) in [6.07, 6.45) is 0.280. The maximum absolute atomic E-state index is 12.2. The average molecular weight is 283 g/mol. The fourth-order valence-corrected chi connectivity index (χ4v) is 3.17. The number of sulfonamides is 1. The second kappa shape index (κ2) is 5.57. The summed E-state index contributed by atoms with van der Waals surface area (Å²) in [7, 11) is -3.79. The molecule has 0 aliphatic rings. The number of rotatable bonds is 5. The van der Waals surface area contributed by atoms with Crippen LogP contribution in [-0.4, -0.2) is 25.7 Å². The highest BCUT2D eigenvalue weighted by Gasteiger charge is 2.27. The van der Waals surface area contributed by atoms with Gasteiger partial charge in [-0.1, -0.05) is 0 Å². The Balaban J connectivity index is 3.12. The van der Waals surface area contributed by atoms with Crippen LogP contribution in [0.5, 0.6) is 0 Å². The lowest BCUT2D eigenvalue weighted by molar-refractivity contribution is 0.246. The first kappa shape index (κ1) is 15.4. The highest BCUT2D eigenvalue weighted by Crippen LogP contribution is 2.22. The molecule has 0 fully saturated rings. The van der Waals surface area contributed by atoms with E-state index in [-0.39, 0.29) is 23.6 Å². The third-order valence-corrected chi connectivity index (χ3v) is 4.35. The Morgan fingerprint density at radius 1 is 1.47 bits per heavy atom. The van der Waals surface area contributed by atoms with Crippen LogP contribution in [0.4, 0.5) is 5.69 Å². The van der Waals surface area contributed by atoms with Gasteiger partial charge in [-0.15, -0.1) is 0 Å². The number of aliphatic hydroxyl groups excluding tert-OH is 1. The van der Waals surface area contributed by atoms with Crippen LogP contribution in [0.1, 0.15) is 25.8 Å². The molecule has 0 bridgehead atoms.